The van der Waals surface area contributed by atoms with E-state index in [2.05, 4.69) is 15.3 Å². The first-order valence-electron chi connectivity index (χ1n) is 8.65. The highest BCUT2D eigenvalue weighted by atomic mass is 16.5. The largest absolute Gasteiger partial charge is 0.497 e. The number of benzene rings is 1. The van der Waals surface area contributed by atoms with Crippen molar-refractivity contribution in [1.29, 1.82) is 0 Å². The molecule has 1 fully saturated rings. The van der Waals surface area contributed by atoms with Crippen molar-refractivity contribution in [3.63, 3.8) is 0 Å². The molecule has 0 aliphatic carbocycles. The molecule has 2 heterocycles. The molecule has 0 saturated carbocycles. The lowest BCUT2D eigenvalue weighted by Crippen LogP contribution is -2.37. The SMILES string of the molecule is COc1cccc(N2C[C@@H](NC(=O)c3cnc(N(C)C)nc3C)CC2=O)c1. The van der Waals surface area contributed by atoms with Gasteiger partial charge in [0, 0.05) is 45.0 Å². The van der Waals surface area contributed by atoms with Crippen molar-refractivity contribution in [2.75, 3.05) is 37.5 Å². The van der Waals surface area contributed by atoms with Crippen LogP contribution in [-0.2, 0) is 4.79 Å². The molecule has 27 heavy (non-hydrogen) atoms. The molecule has 1 aliphatic rings. The fourth-order valence-corrected chi connectivity index (χ4v) is 2.99. The third kappa shape index (κ3) is 3.99. The predicted molar refractivity (Wildman–Crippen MR) is 102 cm³/mol. The molecule has 8 nitrogen and oxygen atoms in total. The topological polar surface area (TPSA) is 87.7 Å². The van der Waals surface area contributed by atoms with Gasteiger partial charge in [-0.3, -0.25) is 9.59 Å². The first-order valence-corrected chi connectivity index (χ1v) is 8.65. The van der Waals surface area contributed by atoms with Gasteiger partial charge < -0.3 is 19.9 Å². The van der Waals surface area contributed by atoms with Crippen molar-refractivity contribution in [2.24, 2.45) is 0 Å². The summed E-state index contributed by atoms with van der Waals surface area (Å²) in [6.45, 7) is 2.18. The fourth-order valence-electron chi connectivity index (χ4n) is 2.99. The molecule has 1 aromatic heterocycles. The molecule has 142 valence electrons. The third-order valence-electron chi connectivity index (χ3n) is 4.44. The van der Waals surface area contributed by atoms with Crippen molar-refractivity contribution in [3.05, 3.63) is 41.7 Å². The Morgan fingerprint density at radius 1 is 1.37 bits per heavy atom. The number of carbonyl (C=O) groups is 2. The van der Waals surface area contributed by atoms with E-state index in [1.807, 2.05) is 32.3 Å². The van der Waals surface area contributed by atoms with E-state index >= 15 is 0 Å². The highest BCUT2D eigenvalue weighted by Gasteiger charge is 2.32. The summed E-state index contributed by atoms with van der Waals surface area (Å²) in [6.07, 6.45) is 1.77. The predicted octanol–water partition coefficient (Wildman–Crippen LogP) is 1.39. The van der Waals surface area contributed by atoms with Gasteiger partial charge >= 0.3 is 0 Å². The summed E-state index contributed by atoms with van der Waals surface area (Å²) in [5, 5.41) is 2.92. The number of nitrogens with one attached hydrogen (secondary N) is 1. The molecule has 1 atom stereocenters. The van der Waals surface area contributed by atoms with E-state index in [4.69, 9.17) is 4.74 Å². The number of ether oxygens (including phenoxy) is 1. The van der Waals surface area contributed by atoms with E-state index in [0.717, 1.165) is 5.69 Å². The number of nitrogens with zero attached hydrogens (tertiary/aromatic N) is 4. The first-order chi connectivity index (χ1) is 12.9. The molecular weight excluding hydrogens is 346 g/mol. The molecule has 1 aromatic carbocycles. The quantitative estimate of drug-likeness (QED) is 0.857. The highest BCUT2D eigenvalue weighted by molar-refractivity contribution is 5.99. The van der Waals surface area contributed by atoms with Crippen LogP contribution >= 0.6 is 0 Å². The second-order valence-corrected chi connectivity index (χ2v) is 6.64. The summed E-state index contributed by atoms with van der Waals surface area (Å²) in [6, 6.07) is 7.04. The van der Waals surface area contributed by atoms with Crippen molar-refractivity contribution in [2.45, 2.75) is 19.4 Å². The molecule has 2 aromatic rings. The van der Waals surface area contributed by atoms with Crippen LogP contribution in [0.25, 0.3) is 0 Å². The summed E-state index contributed by atoms with van der Waals surface area (Å²) in [7, 11) is 5.26. The van der Waals surface area contributed by atoms with E-state index in [9.17, 15) is 9.59 Å². The van der Waals surface area contributed by atoms with Gasteiger partial charge in [-0.2, -0.15) is 0 Å². The molecule has 8 heteroatoms. The van der Waals surface area contributed by atoms with Crippen LogP contribution in [0.5, 0.6) is 5.75 Å². The smallest absolute Gasteiger partial charge is 0.254 e. The summed E-state index contributed by atoms with van der Waals surface area (Å²) >= 11 is 0. The fraction of sp³-hybridized carbons (Fsp3) is 0.368. The average molecular weight is 369 g/mol. The van der Waals surface area contributed by atoms with Crippen LogP contribution in [0.2, 0.25) is 0 Å². The van der Waals surface area contributed by atoms with E-state index in [1.54, 1.807) is 29.9 Å². The minimum Gasteiger partial charge on any atom is -0.497 e. The number of hydrogen-bond donors (Lipinski definition) is 1. The van der Waals surface area contributed by atoms with Gasteiger partial charge in [-0.15, -0.1) is 0 Å². The number of rotatable bonds is 5. The molecule has 2 amide bonds. The number of methoxy groups -OCH3 is 1. The summed E-state index contributed by atoms with van der Waals surface area (Å²) in [4.78, 5) is 36.9. The van der Waals surface area contributed by atoms with Crippen molar-refractivity contribution >= 4 is 23.5 Å². The molecule has 0 spiro atoms. The Hall–Kier alpha value is -3.16. The van der Waals surface area contributed by atoms with Gasteiger partial charge in [-0.1, -0.05) is 6.07 Å². The maximum Gasteiger partial charge on any atom is 0.254 e. The van der Waals surface area contributed by atoms with Gasteiger partial charge in [0.2, 0.25) is 11.9 Å². The molecular formula is C19H23N5O3. The Balaban J connectivity index is 1.70. The Bertz CT molecular complexity index is 868. The Labute approximate surface area is 158 Å². The molecule has 1 aliphatic heterocycles. The van der Waals surface area contributed by atoms with Crippen LogP contribution in [0.15, 0.2) is 30.5 Å². The van der Waals surface area contributed by atoms with Crippen LogP contribution in [0.3, 0.4) is 0 Å². The van der Waals surface area contributed by atoms with Crippen LogP contribution < -0.4 is 19.9 Å². The van der Waals surface area contributed by atoms with E-state index in [1.165, 1.54) is 6.20 Å². The Morgan fingerprint density at radius 2 is 2.15 bits per heavy atom. The van der Waals surface area contributed by atoms with E-state index in [-0.39, 0.29) is 24.3 Å². The van der Waals surface area contributed by atoms with Crippen LogP contribution in [0.4, 0.5) is 11.6 Å². The van der Waals surface area contributed by atoms with E-state index in [0.29, 0.717) is 29.5 Å². The number of hydrogen-bond acceptors (Lipinski definition) is 6. The zero-order valence-corrected chi connectivity index (χ0v) is 15.9. The van der Waals surface area contributed by atoms with Gasteiger partial charge in [-0.05, 0) is 19.1 Å². The molecule has 0 bridgehead atoms. The molecule has 1 N–H and O–H groups in total. The van der Waals surface area contributed by atoms with Gasteiger partial charge in [0.15, 0.2) is 0 Å². The Kier molecular flexibility index (Phi) is 5.25. The summed E-state index contributed by atoms with van der Waals surface area (Å²) < 4.78 is 5.21. The van der Waals surface area contributed by atoms with Crippen molar-refractivity contribution < 1.29 is 14.3 Å². The number of aryl methyl sites for hydroxylation is 1. The third-order valence-corrected chi connectivity index (χ3v) is 4.44. The first kappa shape index (κ1) is 18.6. The lowest BCUT2D eigenvalue weighted by atomic mass is 10.2. The monoisotopic (exact) mass is 369 g/mol. The Morgan fingerprint density at radius 3 is 2.81 bits per heavy atom. The number of aromatic nitrogens is 2. The molecule has 0 unspecified atom stereocenters. The lowest BCUT2D eigenvalue weighted by Gasteiger charge is -2.18. The number of amides is 2. The normalized spacial score (nSPS) is 16.4. The maximum atomic E-state index is 12.6. The maximum absolute atomic E-state index is 12.6. The summed E-state index contributed by atoms with van der Waals surface area (Å²) in [5.74, 6) is 0.915. The minimum absolute atomic E-state index is 0.0375. The van der Waals surface area contributed by atoms with Gasteiger partial charge in [0.05, 0.1) is 24.4 Å². The van der Waals surface area contributed by atoms with Gasteiger partial charge in [-0.25, -0.2) is 9.97 Å². The standard InChI is InChI=1S/C19H23N5O3/c1-12-16(10-20-19(21-12)23(2)3)18(26)22-13-8-17(25)24(11-13)14-6-5-7-15(9-14)27-4/h5-7,9-10,13H,8,11H2,1-4H3,(H,22,26)/t13-/m0/s1. The second kappa shape index (κ2) is 7.61. The zero-order chi connectivity index (χ0) is 19.6. The molecule has 3 rings (SSSR count). The van der Waals surface area contributed by atoms with Crippen LogP contribution in [0.1, 0.15) is 22.5 Å². The number of anilines is 2. The molecule has 1 saturated heterocycles. The summed E-state index contributed by atoms with van der Waals surface area (Å²) in [5.41, 5.74) is 1.76. The molecule has 0 radical (unpaired) electrons. The number of carbonyl (C=O) groups excluding carboxylic acids is 2. The van der Waals surface area contributed by atoms with Crippen molar-refractivity contribution in [3.8, 4) is 5.75 Å². The van der Waals surface area contributed by atoms with Gasteiger partial charge in [0.25, 0.3) is 5.91 Å². The highest BCUT2D eigenvalue weighted by Crippen LogP contribution is 2.25. The van der Waals surface area contributed by atoms with Crippen LogP contribution in [-0.4, -0.2) is 55.6 Å². The van der Waals surface area contributed by atoms with Crippen LogP contribution in [0, 0.1) is 6.92 Å². The van der Waals surface area contributed by atoms with Gasteiger partial charge in [0.1, 0.15) is 5.75 Å². The zero-order valence-electron chi connectivity index (χ0n) is 15.9. The minimum atomic E-state index is -0.275. The van der Waals surface area contributed by atoms with E-state index < -0.39 is 0 Å². The van der Waals surface area contributed by atoms with Crippen molar-refractivity contribution in [1.82, 2.24) is 15.3 Å². The lowest BCUT2D eigenvalue weighted by molar-refractivity contribution is -0.117. The average Bonchev–Trinajstić information content (AvgIpc) is 3.01. The second-order valence-electron chi connectivity index (χ2n) is 6.64.